The van der Waals surface area contributed by atoms with E-state index < -0.39 is 16.1 Å². The van der Waals surface area contributed by atoms with Crippen LogP contribution < -0.4 is 4.74 Å². The van der Waals surface area contributed by atoms with Crippen LogP contribution in [0.25, 0.3) is 0 Å². The van der Waals surface area contributed by atoms with Gasteiger partial charge in [-0.15, -0.1) is 0 Å². The molecule has 1 aromatic rings. The second-order valence-electron chi connectivity index (χ2n) is 5.64. The fourth-order valence-corrected chi connectivity index (χ4v) is 5.67. The summed E-state index contributed by atoms with van der Waals surface area (Å²) in [5, 5.41) is 10.1. The maximum Gasteiger partial charge on any atom is 0.243 e. The number of nitrogens with zero attached hydrogens (tertiary/aromatic N) is 1. The van der Waals surface area contributed by atoms with Crippen LogP contribution in [0, 0.1) is 0 Å². The van der Waals surface area contributed by atoms with Crippen molar-refractivity contribution in [2.24, 2.45) is 0 Å². The number of sulfonamides is 1. The third-order valence-electron chi connectivity index (χ3n) is 4.34. The Kier molecular flexibility index (Phi) is 3.90. The van der Waals surface area contributed by atoms with Gasteiger partial charge >= 0.3 is 0 Å². The van der Waals surface area contributed by atoms with Gasteiger partial charge in [0, 0.05) is 12.1 Å². The predicted molar refractivity (Wildman–Crippen MR) is 79.1 cm³/mol. The normalized spacial score (nSPS) is 29.6. The lowest BCUT2D eigenvalue weighted by molar-refractivity contribution is 0.0769. The van der Waals surface area contributed by atoms with Gasteiger partial charge in [0.15, 0.2) is 0 Å². The molecular weight excluding hydrogens is 314 g/mol. The lowest BCUT2D eigenvalue weighted by Crippen LogP contribution is -2.47. The number of halogens is 1. The first-order chi connectivity index (χ1) is 9.93. The number of rotatable bonds is 3. The van der Waals surface area contributed by atoms with Crippen LogP contribution >= 0.6 is 11.6 Å². The van der Waals surface area contributed by atoms with Crippen molar-refractivity contribution < 1.29 is 18.3 Å². The SMILES string of the molecule is COc1ccc(S(=O)(=O)N2C3CCC2CC(O)C3)cc1Cl. The van der Waals surface area contributed by atoms with Crippen LogP contribution in [0.5, 0.6) is 5.75 Å². The van der Waals surface area contributed by atoms with Gasteiger partial charge in [-0.1, -0.05) is 11.6 Å². The van der Waals surface area contributed by atoms with Crippen molar-refractivity contribution in [2.45, 2.75) is 48.8 Å². The largest absolute Gasteiger partial charge is 0.495 e. The summed E-state index contributed by atoms with van der Waals surface area (Å²) in [6.07, 6.45) is 2.25. The van der Waals surface area contributed by atoms with Gasteiger partial charge in [-0.25, -0.2) is 8.42 Å². The summed E-state index contributed by atoms with van der Waals surface area (Å²) in [6.45, 7) is 0. The Hall–Kier alpha value is -0.820. The van der Waals surface area contributed by atoms with Crippen molar-refractivity contribution in [3.05, 3.63) is 23.2 Å². The van der Waals surface area contributed by atoms with E-state index in [1.54, 1.807) is 10.4 Å². The summed E-state index contributed by atoms with van der Waals surface area (Å²) in [5.41, 5.74) is 0. The highest BCUT2D eigenvalue weighted by atomic mass is 35.5. The third-order valence-corrected chi connectivity index (χ3v) is 6.64. The van der Waals surface area contributed by atoms with Gasteiger partial charge in [0.1, 0.15) is 5.75 Å². The first-order valence-electron chi connectivity index (χ1n) is 6.98. The van der Waals surface area contributed by atoms with E-state index in [0.717, 1.165) is 12.8 Å². The monoisotopic (exact) mass is 331 g/mol. The Morgan fingerprint density at radius 1 is 1.29 bits per heavy atom. The van der Waals surface area contributed by atoms with E-state index >= 15 is 0 Å². The topological polar surface area (TPSA) is 66.8 Å². The molecule has 1 aromatic carbocycles. The highest BCUT2D eigenvalue weighted by molar-refractivity contribution is 7.89. The molecule has 3 rings (SSSR count). The van der Waals surface area contributed by atoms with Gasteiger partial charge in [-0.2, -0.15) is 4.31 Å². The number of hydrogen-bond donors (Lipinski definition) is 1. The highest BCUT2D eigenvalue weighted by Crippen LogP contribution is 2.40. The molecule has 21 heavy (non-hydrogen) atoms. The summed E-state index contributed by atoms with van der Waals surface area (Å²) < 4.78 is 32.3. The zero-order valence-electron chi connectivity index (χ0n) is 11.7. The van der Waals surface area contributed by atoms with Crippen LogP contribution in [0.2, 0.25) is 5.02 Å². The number of methoxy groups -OCH3 is 1. The predicted octanol–water partition coefficient (Wildman–Crippen LogP) is 2.02. The summed E-state index contributed by atoms with van der Waals surface area (Å²) in [6, 6.07) is 4.30. The van der Waals surface area contributed by atoms with Crippen molar-refractivity contribution in [2.75, 3.05) is 7.11 Å². The molecule has 0 radical (unpaired) electrons. The number of hydrogen-bond acceptors (Lipinski definition) is 4. The van der Waals surface area contributed by atoms with Crippen LogP contribution in [0.1, 0.15) is 25.7 Å². The zero-order valence-corrected chi connectivity index (χ0v) is 13.3. The molecule has 116 valence electrons. The van der Waals surface area contributed by atoms with E-state index in [4.69, 9.17) is 16.3 Å². The maximum atomic E-state index is 12.9. The second-order valence-corrected chi connectivity index (χ2v) is 7.89. The zero-order chi connectivity index (χ0) is 15.2. The minimum atomic E-state index is -3.59. The highest BCUT2D eigenvalue weighted by Gasteiger charge is 2.46. The lowest BCUT2D eigenvalue weighted by atomic mass is 10.0. The Balaban J connectivity index is 1.96. The van der Waals surface area contributed by atoms with E-state index in [1.807, 2.05) is 0 Å². The smallest absolute Gasteiger partial charge is 0.243 e. The number of aliphatic hydroxyl groups is 1. The molecule has 0 amide bonds. The summed E-state index contributed by atoms with van der Waals surface area (Å²) in [5.74, 6) is 0.452. The molecule has 7 heteroatoms. The van der Waals surface area contributed by atoms with Gasteiger partial charge in [0.05, 0.1) is 23.1 Å². The molecule has 2 fully saturated rings. The Labute approximate surface area is 129 Å². The molecule has 2 saturated heterocycles. The number of piperidine rings is 1. The third kappa shape index (κ3) is 2.54. The fraction of sp³-hybridized carbons (Fsp3) is 0.571. The van der Waals surface area contributed by atoms with Crippen LogP contribution in [0.3, 0.4) is 0 Å². The fourth-order valence-electron chi connectivity index (χ4n) is 3.43. The number of aliphatic hydroxyl groups excluding tert-OH is 1. The molecule has 2 aliphatic heterocycles. The van der Waals surface area contributed by atoms with Crippen LogP contribution in [-0.4, -0.2) is 43.1 Å². The van der Waals surface area contributed by atoms with E-state index in [1.165, 1.54) is 19.2 Å². The van der Waals surface area contributed by atoms with Crippen molar-refractivity contribution in [3.8, 4) is 5.75 Å². The molecular formula is C14H18ClNO4S. The van der Waals surface area contributed by atoms with Gasteiger partial charge in [-0.05, 0) is 43.9 Å². The summed E-state index contributed by atoms with van der Waals surface area (Å²) >= 11 is 6.04. The second kappa shape index (κ2) is 5.43. The molecule has 2 unspecified atom stereocenters. The first-order valence-corrected chi connectivity index (χ1v) is 8.80. The van der Waals surface area contributed by atoms with Crippen molar-refractivity contribution >= 4 is 21.6 Å². The Bertz CT molecular complexity index is 634. The maximum absolute atomic E-state index is 12.9. The number of ether oxygens (including phenoxy) is 1. The molecule has 2 heterocycles. The molecule has 5 nitrogen and oxygen atoms in total. The average molecular weight is 332 g/mol. The average Bonchev–Trinajstić information content (AvgIpc) is 2.72. The minimum absolute atomic E-state index is 0.107. The van der Waals surface area contributed by atoms with Crippen molar-refractivity contribution in [1.29, 1.82) is 0 Å². The first kappa shape index (κ1) is 15.1. The van der Waals surface area contributed by atoms with E-state index in [-0.39, 0.29) is 22.0 Å². The van der Waals surface area contributed by atoms with E-state index in [9.17, 15) is 13.5 Å². The quantitative estimate of drug-likeness (QED) is 0.920. The molecule has 2 bridgehead atoms. The van der Waals surface area contributed by atoms with E-state index in [2.05, 4.69) is 0 Å². The number of fused-ring (bicyclic) bond motifs is 2. The van der Waals surface area contributed by atoms with Gasteiger partial charge < -0.3 is 9.84 Å². The lowest BCUT2D eigenvalue weighted by Gasteiger charge is -2.36. The van der Waals surface area contributed by atoms with Crippen LogP contribution in [0.4, 0.5) is 0 Å². The Morgan fingerprint density at radius 2 is 1.90 bits per heavy atom. The van der Waals surface area contributed by atoms with Gasteiger partial charge in [0.25, 0.3) is 0 Å². The van der Waals surface area contributed by atoms with Crippen LogP contribution in [-0.2, 0) is 10.0 Å². The molecule has 0 saturated carbocycles. The summed E-state index contributed by atoms with van der Waals surface area (Å²) in [7, 11) is -2.10. The Morgan fingerprint density at radius 3 is 2.43 bits per heavy atom. The molecule has 0 aromatic heterocycles. The summed E-state index contributed by atoms with van der Waals surface area (Å²) in [4.78, 5) is 0.182. The molecule has 0 aliphatic carbocycles. The van der Waals surface area contributed by atoms with Crippen LogP contribution in [0.15, 0.2) is 23.1 Å². The van der Waals surface area contributed by atoms with Gasteiger partial charge in [-0.3, -0.25) is 0 Å². The van der Waals surface area contributed by atoms with Crippen molar-refractivity contribution in [1.82, 2.24) is 4.31 Å². The standard InChI is InChI=1S/C14H18ClNO4S/c1-20-14-5-4-12(8-13(14)15)21(18,19)16-9-2-3-10(16)7-11(17)6-9/h4-5,8-11,17H,2-3,6-7H2,1H3. The van der Waals surface area contributed by atoms with Gasteiger partial charge in [0.2, 0.25) is 10.0 Å². The molecule has 2 aliphatic rings. The molecule has 0 spiro atoms. The molecule has 1 N–H and O–H groups in total. The number of benzene rings is 1. The minimum Gasteiger partial charge on any atom is -0.495 e. The van der Waals surface area contributed by atoms with E-state index in [0.29, 0.717) is 18.6 Å². The van der Waals surface area contributed by atoms with Crippen molar-refractivity contribution in [3.63, 3.8) is 0 Å². The molecule has 2 atom stereocenters.